The quantitative estimate of drug-likeness (QED) is 0.148. The molecule has 0 radical (unpaired) electrons. The van der Waals surface area contributed by atoms with Gasteiger partial charge in [0.05, 0.1) is 17.9 Å². The molecule has 5 aromatic rings. The summed E-state index contributed by atoms with van der Waals surface area (Å²) in [7, 11) is 1.48. The summed E-state index contributed by atoms with van der Waals surface area (Å²) >= 11 is 0. The van der Waals surface area contributed by atoms with Crippen LogP contribution in [0.3, 0.4) is 0 Å². The van der Waals surface area contributed by atoms with Crippen molar-refractivity contribution in [2.45, 2.75) is 103 Å². The topological polar surface area (TPSA) is 38.8 Å². The van der Waals surface area contributed by atoms with Gasteiger partial charge in [-0.25, -0.2) is 8.51 Å². The van der Waals surface area contributed by atoms with Crippen molar-refractivity contribution in [2.75, 3.05) is 14.2 Å². The average molecular weight is 760 g/mol. The number of fused-ring (bicyclic) bond motifs is 2. The zero-order chi connectivity index (χ0) is 39.4. The maximum absolute atomic E-state index is 14.6. The molecule has 5 aromatic carbocycles. The Morgan fingerprint density at radius 2 is 1.17 bits per heavy atom. The highest BCUT2D eigenvalue weighted by atomic mass is 32.2. The van der Waals surface area contributed by atoms with Gasteiger partial charge in [0.15, 0.2) is 0 Å². The Labute approximate surface area is 328 Å². The van der Waals surface area contributed by atoms with Gasteiger partial charge in [-0.2, -0.15) is 0 Å². The van der Waals surface area contributed by atoms with Gasteiger partial charge in [-0.15, -0.1) is 0 Å². The van der Waals surface area contributed by atoms with E-state index in [0.29, 0.717) is 0 Å². The molecule has 1 unspecified atom stereocenters. The summed E-state index contributed by atoms with van der Waals surface area (Å²) < 4.78 is 29.7. The highest BCUT2D eigenvalue weighted by Gasteiger charge is 2.41. The predicted molar refractivity (Wildman–Crippen MR) is 232 cm³/mol. The van der Waals surface area contributed by atoms with Crippen LogP contribution in [0.25, 0.3) is 0 Å². The van der Waals surface area contributed by atoms with Crippen molar-refractivity contribution < 1.29 is 13.7 Å². The van der Waals surface area contributed by atoms with Gasteiger partial charge in [-0.3, -0.25) is 0 Å². The summed E-state index contributed by atoms with van der Waals surface area (Å²) in [6.45, 7) is 24.2. The van der Waals surface area contributed by atoms with Crippen molar-refractivity contribution in [1.29, 1.82) is 0 Å². The van der Waals surface area contributed by atoms with E-state index in [-0.39, 0.29) is 22.3 Å². The maximum Gasteiger partial charge on any atom is 0.139 e. The lowest BCUT2D eigenvalue weighted by atomic mass is 9.74. The molecule has 54 heavy (non-hydrogen) atoms. The van der Waals surface area contributed by atoms with E-state index < -0.39 is 23.7 Å². The third kappa shape index (κ3) is 7.45. The van der Waals surface area contributed by atoms with Crippen LogP contribution in [0, 0.1) is 0 Å². The van der Waals surface area contributed by atoms with Gasteiger partial charge in [0.2, 0.25) is 0 Å². The summed E-state index contributed by atoms with van der Waals surface area (Å²) in [6.07, 6.45) is 0. The smallest absolute Gasteiger partial charge is 0.139 e. The van der Waals surface area contributed by atoms with E-state index in [0.717, 1.165) is 45.1 Å². The molecule has 0 bridgehead atoms. The molecule has 2 atom stereocenters. The Morgan fingerprint density at radius 3 is 1.63 bits per heavy atom. The van der Waals surface area contributed by atoms with E-state index in [4.69, 9.17) is 9.47 Å². The molecule has 1 heterocycles. The number of nitrogens with zero attached hydrogens (tertiary/aromatic N) is 1. The maximum atomic E-state index is 14.6. The van der Waals surface area contributed by atoms with Crippen LogP contribution in [-0.4, -0.2) is 27.4 Å². The van der Waals surface area contributed by atoms with Crippen molar-refractivity contribution in [1.82, 2.24) is 4.31 Å². The van der Waals surface area contributed by atoms with Crippen LogP contribution >= 0.6 is 7.92 Å². The van der Waals surface area contributed by atoms with Crippen molar-refractivity contribution in [3.63, 3.8) is 0 Å². The molecular weight excluding hydrogens is 702 g/mol. The number of rotatable bonds is 8. The Bertz CT molecular complexity index is 2080. The van der Waals surface area contributed by atoms with E-state index in [2.05, 4.69) is 169 Å². The molecule has 0 N–H and O–H groups in total. The second kappa shape index (κ2) is 14.7. The lowest BCUT2D eigenvalue weighted by molar-refractivity contribution is 0.376. The Hall–Kier alpha value is -3.76. The van der Waals surface area contributed by atoms with Crippen LogP contribution in [0.2, 0.25) is 0 Å². The van der Waals surface area contributed by atoms with Gasteiger partial charge in [0.1, 0.15) is 28.2 Å². The summed E-state index contributed by atoms with van der Waals surface area (Å²) in [5, 5.41) is 3.73. The summed E-state index contributed by atoms with van der Waals surface area (Å²) in [5.74, 6) is 2.67. The van der Waals surface area contributed by atoms with Gasteiger partial charge in [-0.1, -0.05) is 152 Å². The standard InChI is InChI=1S/C48H58NO3PS/c1-45(2,3)38-30-32(31-39(43(38)51-13)46(4,5)6)41(49(12)54(50)47(7,8)9)35-26-20-27-36-42(35)52-44-37(48(36,10)11)28-21-29-40(44)53(33-22-16-14-17-23-33)34-24-18-15-19-25-34/h14-31,41H,1-13H3/t41-,54?/m1/s1. The van der Waals surface area contributed by atoms with E-state index in [1.807, 2.05) is 27.8 Å². The molecule has 0 saturated carbocycles. The molecule has 1 aliphatic rings. The van der Waals surface area contributed by atoms with Crippen molar-refractivity contribution in [2.24, 2.45) is 0 Å². The number of ether oxygens (including phenoxy) is 2. The van der Waals surface area contributed by atoms with Gasteiger partial charge in [-0.05, 0) is 67.8 Å². The fourth-order valence-electron chi connectivity index (χ4n) is 7.76. The first-order chi connectivity index (χ1) is 25.3. The van der Waals surface area contributed by atoms with Crippen LogP contribution in [0.1, 0.15) is 116 Å². The first-order valence-electron chi connectivity index (χ1n) is 19.0. The number of hydrogen-bond acceptors (Lipinski definition) is 3. The molecule has 0 aromatic heterocycles. The zero-order valence-corrected chi connectivity index (χ0v) is 36.2. The van der Waals surface area contributed by atoms with Crippen molar-refractivity contribution >= 4 is 34.8 Å². The number of hydrogen-bond donors (Lipinski definition) is 0. The molecule has 1 aliphatic heterocycles. The number of benzene rings is 5. The lowest BCUT2D eigenvalue weighted by Crippen LogP contribution is -2.38. The van der Waals surface area contributed by atoms with Gasteiger partial charge in [0.25, 0.3) is 0 Å². The number of methoxy groups -OCH3 is 1. The SMILES string of the molecule is COc1c(C(C)(C)C)cc([C@H](c2cccc3c2Oc2c(P(c4ccccc4)c4ccccc4)cccc2C3(C)C)N(C)S(=O)C(C)(C)C)cc1C(C)(C)C. The summed E-state index contributed by atoms with van der Waals surface area (Å²) in [6, 6.07) is 39.0. The van der Waals surface area contributed by atoms with Crippen molar-refractivity contribution in [3.8, 4) is 17.2 Å². The monoisotopic (exact) mass is 759 g/mol. The second-order valence-electron chi connectivity index (χ2n) is 18.1. The fourth-order valence-corrected chi connectivity index (χ4v) is 11.5. The van der Waals surface area contributed by atoms with Crippen LogP contribution in [0.4, 0.5) is 0 Å². The first kappa shape index (κ1) is 39.9. The predicted octanol–water partition coefficient (Wildman–Crippen LogP) is 11.0. The molecular formula is C48H58NO3PS. The third-order valence-electron chi connectivity index (χ3n) is 10.6. The lowest BCUT2D eigenvalue weighted by Gasteiger charge is -2.40. The van der Waals surface area contributed by atoms with Crippen LogP contribution in [0.15, 0.2) is 109 Å². The van der Waals surface area contributed by atoms with Gasteiger partial charge in [0, 0.05) is 45.6 Å². The minimum Gasteiger partial charge on any atom is -0.496 e. The second-order valence-corrected chi connectivity index (χ2v) is 22.6. The molecule has 0 aliphatic carbocycles. The molecule has 284 valence electrons. The molecule has 0 fully saturated rings. The zero-order valence-electron chi connectivity index (χ0n) is 34.5. The first-order valence-corrected chi connectivity index (χ1v) is 21.4. The largest absolute Gasteiger partial charge is 0.496 e. The molecule has 6 heteroatoms. The van der Waals surface area contributed by atoms with E-state index >= 15 is 0 Å². The highest BCUT2D eigenvalue weighted by molar-refractivity contribution is 7.84. The Balaban J connectivity index is 1.65. The third-order valence-corrected chi connectivity index (χ3v) is 14.8. The van der Waals surface area contributed by atoms with E-state index in [1.54, 1.807) is 7.11 Å². The Morgan fingerprint density at radius 1 is 0.685 bits per heavy atom. The molecule has 6 rings (SSSR count). The molecule has 0 saturated heterocycles. The highest BCUT2D eigenvalue weighted by Crippen LogP contribution is 2.54. The summed E-state index contributed by atoms with van der Waals surface area (Å²) in [5.41, 5.74) is 5.82. The fraction of sp³-hybridized carbons (Fsp3) is 0.375. The molecule has 0 spiro atoms. The van der Waals surface area contributed by atoms with E-state index in [9.17, 15) is 4.21 Å². The van der Waals surface area contributed by atoms with Crippen LogP contribution in [0.5, 0.6) is 17.2 Å². The van der Waals surface area contributed by atoms with Gasteiger partial charge >= 0.3 is 0 Å². The molecule has 0 amide bonds. The Kier molecular flexibility index (Phi) is 10.9. The van der Waals surface area contributed by atoms with E-state index in [1.165, 1.54) is 21.5 Å². The average Bonchev–Trinajstić information content (AvgIpc) is 3.11. The summed E-state index contributed by atoms with van der Waals surface area (Å²) in [4.78, 5) is 0. The normalized spacial score (nSPS) is 15.3. The molecule has 4 nitrogen and oxygen atoms in total. The minimum atomic E-state index is -1.35. The minimum absolute atomic E-state index is 0.206. The van der Waals surface area contributed by atoms with Crippen LogP contribution < -0.4 is 25.4 Å². The van der Waals surface area contributed by atoms with Crippen LogP contribution in [-0.2, 0) is 27.2 Å². The van der Waals surface area contributed by atoms with Crippen molar-refractivity contribution in [3.05, 3.63) is 143 Å². The number of para-hydroxylation sites is 2. The van der Waals surface area contributed by atoms with Gasteiger partial charge < -0.3 is 9.47 Å².